The van der Waals surface area contributed by atoms with Crippen molar-refractivity contribution >= 4 is 11.6 Å². The highest BCUT2D eigenvalue weighted by atomic mass is 19.3. The summed E-state index contributed by atoms with van der Waals surface area (Å²) < 4.78 is 43.4. The first-order valence-electron chi connectivity index (χ1n) is 14.6. The number of benzene rings is 1. The van der Waals surface area contributed by atoms with Crippen LogP contribution in [0.15, 0.2) is 43.0 Å². The lowest BCUT2D eigenvalue weighted by Gasteiger charge is -2.47. The van der Waals surface area contributed by atoms with Crippen molar-refractivity contribution in [3.8, 4) is 5.75 Å². The molecule has 0 bridgehead atoms. The van der Waals surface area contributed by atoms with Gasteiger partial charge in [-0.15, -0.1) is 0 Å². The van der Waals surface area contributed by atoms with Crippen molar-refractivity contribution in [1.29, 1.82) is 0 Å². The molecule has 3 heterocycles. The van der Waals surface area contributed by atoms with Gasteiger partial charge in [-0.2, -0.15) is 0 Å². The first-order valence-corrected chi connectivity index (χ1v) is 14.6. The number of hydrogen-bond donors (Lipinski definition) is 4. The van der Waals surface area contributed by atoms with Gasteiger partial charge in [0.15, 0.2) is 0 Å². The zero-order chi connectivity index (χ0) is 28.3. The Kier molecular flexibility index (Phi) is 7.15. The number of aromatic hydroxyl groups is 1. The lowest BCUT2D eigenvalue weighted by Crippen LogP contribution is -2.67. The number of hydrogen-bond acceptors (Lipinski definition) is 6. The van der Waals surface area contributed by atoms with Gasteiger partial charge >= 0.3 is 0 Å². The highest BCUT2D eigenvalue weighted by Crippen LogP contribution is 2.47. The van der Waals surface area contributed by atoms with Crippen LogP contribution in [0.3, 0.4) is 0 Å². The van der Waals surface area contributed by atoms with Crippen molar-refractivity contribution in [2.75, 3.05) is 11.6 Å². The molecule has 0 radical (unpaired) electrons. The van der Waals surface area contributed by atoms with Crippen molar-refractivity contribution < 1.29 is 23.1 Å². The van der Waals surface area contributed by atoms with E-state index in [0.29, 0.717) is 31.4 Å². The second-order valence-electron chi connectivity index (χ2n) is 12.4. The SMILES string of the molecule is C=CC(F)(F)C1NC(N)C(C(=O)N2CCC3C4C(CCC(=C)CC42)NN3c2ccc(C3CCC3)cc2O)CC1F. The summed E-state index contributed by atoms with van der Waals surface area (Å²) >= 11 is 0. The fourth-order valence-electron chi connectivity index (χ4n) is 7.71. The number of alkyl halides is 3. The van der Waals surface area contributed by atoms with Gasteiger partial charge < -0.3 is 20.7 Å². The highest BCUT2D eigenvalue weighted by Gasteiger charge is 2.55. The van der Waals surface area contributed by atoms with Gasteiger partial charge in [0.2, 0.25) is 5.91 Å². The Morgan fingerprint density at radius 1 is 1.20 bits per heavy atom. The number of carbonyl (C=O) groups excluding carboxylic acids is 1. The molecule has 8 unspecified atom stereocenters. The number of likely N-dealkylation sites (tertiary alicyclic amines) is 1. The molecule has 5 fully saturated rings. The summed E-state index contributed by atoms with van der Waals surface area (Å²) in [5.74, 6) is -3.89. The summed E-state index contributed by atoms with van der Waals surface area (Å²) in [6, 6.07) is 4.12. The summed E-state index contributed by atoms with van der Waals surface area (Å²) in [6.07, 6.45) is 3.50. The number of halogens is 3. The smallest absolute Gasteiger partial charge is 0.284 e. The summed E-state index contributed by atoms with van der Waals surface area (Å²) in [5, 5.41) is 15.6. The third-order valence-electron chi connectivity index (χ3n) is 10.1. The van der Waals surface area contributed by atoms with Crippen LogP contribution in [0.5, 0.6) is 5.75 Å². The number of phenols is 1. The van der Waals surface area contributed by atoms with Crippen LogP contribution in [-0.2, 0) is 4.79 Å². The highest BCUT2D eigenvalue weighted by molar-refractivity contribution is 5.80. The molecule has 5 aliphatic rings. The summed E-state index contributed by atoms with van der Waals surface area (Å²) in [7, 11) is 0. The van der Waals surface area contributed by atoms with E-state index in [1.54, 1.807) is 4.90 Å². The zero-order valence-corrected chi connectivity index (χ0v) is 22.7. The molecule has 218 valence electrons. The average Bonchev–Trinajstić information content (AvgIpc) is 3.17. The number of amides is 1. The van der Waals surface area contributed by atoms with E-state index in [2.05, 4.69) is 35.0 Å². The van der Waals surface area contributed by atoms with Crippen LogP contribution in [0.25, 0.3) is 0 Å². The molecule has 0 aromatic heterocycles. The minimum atomic E-state index is -3.48. The average molecular weight is 560 g/mol. The molecule has 8 atom stereocenters. The molecule has 1 amide bonds. The predicted molar refractivity (Wildman–Crippen MR) is 148 cm³/mol. The maximum atomic E-state index is 15.0. The van der Waals surface area contributed by atoms with Gasteiger partial charge in [-0.3, -0.25) is 10.1 Å². The second kappa shape index (κ2) is 10.4. The van der Waals surface area contributed by atoms with E-state index in [0.717, 1.165) is 36.9 Å². The number of phenolic OH excluding ortho intramolecular Hbond substituents is 1. The van der Waals surface area contributed by atoms with Gasteiger partial charge in [0, 0.05) is 24.5 Å². The van der Waals surface area contributed by atoms with E-state index in [1.165, 1.54) is 12.0 Å². The lowest BCUT2D eigenvalue weighted by atomic mass is 9.78. The first kappa shape index (κ1) is 27.6. The molecule has 40 heavy (non-hydrogen) atoms. The molecule has 7 nitrogen and oxygen atoms in total. The number of carbonyl (C=O) groups is 1. The lowest BCUT2D eigenvalue weighted by molar-refractivity contribution is -0.146. The third kappa shape index (κ3) is 4.61. The number of nitrogens with zero attached hydrogens (tertiary/aromatic N) is 2. The molecule has 10 heteroatoms. The van der Waals surface area contributed by atoms with Crippen molar-refractivity contribution in [1.82, 2.24) is 15.6 Å². The van der Waals surface area contributed by atoms with Crippen LogP contribution < -0.4 is 21.5 Å². The van der Waals surface area contributed by atoms with Gasteiger partial charge in [0.25, 0.3) is 5.92 Å². The Morgan fingerprint density at radius 2 is 1.98 bits per heavy atom. The Labute approximate surface area is 233 Å². The minimum Gasteiger partial charge on any atom is -0.506 e. The van der Waals surface area contributed by atoms with E-state index < -0.39 is 30.2 Å². The Morgan fingerprint density at radius 3 is 2.65 bits per heavy atom. The number of nitrogens with one attached hydrogen (secondary N) is 2. The summed E-state index contributed by atoms with van der Waals surface area (Å²) in [6.45, 7) is 7.80. The van der Waals surface area contributed by atoms with Crippen LogP contribution in [0.4, 0.5) is 18.9 Å². The molecule has 3 aliphatic heterocycles. The number of nitrogens with two attached hydrogens (primary N) is 1. The Bertz CT molecular complexity index is 1180. The fourth-order valence-corrected chi connectivity index (χ4v) is 7.71. The molecule has 1 aromatic carbocycles. The number of rotatable bonds is 5. The topological polar surface area (TPSA) is 93.9 Å². The zero-order valence-electron chi connectivity index (χ0n) is 22.7. The van der Waals surface area contributed by atoms with Gasteiger partial charge in [-0.1, -0.05) is 31.2 Å². The molecule has 1 aromatic rings. The summed E-state index contributed by atoms with van der Waals surface area (Å²) in [5.41, 5.74) is 12.8. The van der Waals surface area contributed by atoms with Gasteiger partial charge in [-0.25, -0.2) is 18.6 Å². The van der Waals surface area contributed by atoms with Crippen molar-refractivity contribution in [2.24, 2.45) is 17.6 Å². The Hall–Kier alpha value is -2.56. The molecule has 3 saturated heterocycles. The number of anilines is 1. The van der Waals surface area contributed by atoms with E-state index in [-0.39, 0.29) is 42.1 Å². The molecule has 2 aliphatic carbocycles. The standard InChI is InChI=1S/C30H40F3N5O2/c1-3-30(32,33)27-20(31)15-19(28(34)35-27)29(40)37-12-11-23-26-21(9-7-16(2)13-24(26)37)36-38(23)22-10-8-18(14-25(22)39)17-5-4-6-17/h3,8,10,14,17,19-21,23-24,26-28,35-36,39H,1-2,4-7,9,11-13,15,34H2. The molecule has 5 N–H and O–H groups in total. The quantitative estimate of drug-likeness (QED) is 0.406. The normalized spacial score (nSPS) is 36.5. The third-order valence-corrected chi connectivity index (χ3v) is 10.1. The van der Waals surface area contributed by atoms with Gasteiger partial charge in [0.05, 0.1) is 23.8 Å². The fraction of sp³-hybridized carbons (Fsp3) is 0.633. The van der Waals surface area contributed by atoms with Crippen molar-refractivity contribution in [2.45, 2.75) is 99.7 Å². The van der Waals surface area contributed by atoms with E-state index in [1.807, 2.05) is 12.1 Å². The molecule has 6 rings (SSSR count). The molecular formula is C30H40F3N5O2. The van der Waals surface area contributed by atoms with Gasteiger partial charge in [0.1, 0.15) is 18.0 Å². The monoisotopic (exact) mass is 559 g/mol. The van der Waals surface area contributed by atoms with Crippen LogP contribution in [0.1, 0.15) is 62.8 Å². The molecular weight excluding hydrogens is 519 g/mol. The first-order chi connectivity index (χ1) is 19.1. The van der Waals surface area contributed by atoms with Crippen molar-refractivity contribution in [3.63, 3.8) is 0 Å². The predicted octanol–water partition coefficient (Wildman–Crippen LogP) is 4.10. The van der Waals surface area contributed by atoms with Gasteiger partial charge in [-0.05, 0) is 74.6 Å². The molecule has 0 spiro atoms. The van der Waals surface area contributed by atoms with E-state index in [9.17, 15) is 23.1 Å². The summed E-state index contributed by atoms with van der Waals surface area (Å²) in [4.78, 5) is 15.7. The largest absolute Gasteiger partial charge is 0.506 e. The minimum absolute atomic E-state index is 0.0492. The second-order valence-corrected chi connectivity index (χ2v) is 12.4. The Balaban J connectivity index is 1.23. The number of hydrazine groups is 1. The molecule has 2 saturated carbocycles. The maximum absolute atomic E-state index is 15.0. The number of piperidine rings is 2. The van der Waals surface area contributed by atoms with Crippen LogP contribution in [0, 0.1) is 11.8 Å². The van der Waals surface area contributed by atoms with E-state index in [4.69, 9.17) is 5.73 Å². The van der Waals surface area contributed by atoms with Crippen molar-refractivity contribution in [3.05, 3.63) is 48.6 Å². The van der Waals surface area contributed by atoms with Crippen LogP contribution in [-0.4, -0.2) is 64.9 Å². The maximum Gasteiger partial charge on any atom is 0.284 e. The van der Waals surface area contributed by atoms with Crippen LogP contribution in [0.2, 0.25) is 0 Å². The van der Waals surface area contributed by atoms with E-state index >= 15 is 0 Å². The van der Waals surface area contributed by atoms with Crippen LogP contribution >= 0.6 is 0 Å².